The summed E-state index contributed by atoms with van der Waals surface area (Å²) in [6.07, 6.45) is 3.61. The number of nitrogens with zero attached hydrogens (tertiary/aromatic N) is 2. The number of aromatic nitrogens is 1. The number of carbonyl (C=O) groups is 2. The quantitative estimate of drug-likeness (QED) is 0.533. The molecular weight excluding hydrogens is 470 g/mol. The Morgan fingerprint density at radius 1 is 1.18 bits per heavy atom. The number of morpholine rings is 1. The number of aryl methyl sites for hydroxylation is 1. The van der Waals surface area contributed by atoms with Gasteiger partial charge in [0.2, 0.25) is 11.8 Å². The van der Waals surface area contributed by atoms with E-state index in [1.165, 1.54) is 10.5 Å². The molecule has 2 saturated heterocycles. The lowest BCUT2D eigenvalue weighted by Crippen LogP contribution is -2.44. The SMILES string of the molecule is Cc1cc(Cl)cc(-c2ccnc3cc(CN4C(=O)C5CC5C4=O)sc23)c1CC1CNCC(C)O1. The molecule has 2 aliphatic heterocycles. The molecule has 6 nitrogen and oxygen atoms in total. The molecular formula is C26H26ClN3O3S. The van der Waals surface area contributed by atoms with Crippen molar-refractivity contribution in [2.75, 3.05) is 13.1 Å². The molecule has 0 radical (unpaired) electrons. The number of nitrogens with one attached hydrogen (secondary N) is 1. The van der Waals surface area contributed by atoms with Crippen LogP contribution in [0.15, 0.2) is 30.5 Å². The predicted octanol–water partition coefficient (Wildman–Crippen LogP) is 4.35. The van der Waals surface area contributed by atoms with Gasteiger partial charge in [0, 0.05) is 41.2 Å². The fraction of sp³-hybridized carbons (Fsp3) is 0.423. The zero-order valence-corrected chi connectivity index (χ0v) is 20.7. The predicted molar refractivity (Wildman–Crippen MR) is 133 cm³/mol. The number of pyridine rings is 1. The fourth-order valence-corrected chi connectivity index (χ4v) is 6.75. The maximum atomic E-state index is 12.5. The smallest absolute Gasteiger partial charge is 0.233 e. The van der Waals surface area contributed by atoms with E-state index < -0.39 is 0 Å². The van der Waals surface area contributed by atoms with Crippen molar-refractivity contribution >= 4 is 45.0 Å². The molecule has 2 aromatic heterocycles. The van der Waals surface area contributed by atoms with Crippen molar-refractivity contribution in [1.82, 2.24) is 15.2 Å². The number of imide groups is 1. The summed E-state index contributed by atoms with van der Waals surface area (Å²) >= 11 is 8.12. The first-order chi connectivity index (χ1) is 16.4. The Balaban J connectivity index is 1.37. The number of halogens is 1. The maximum Gasteiger partial charge on any atom is 0.233 e. The zero-order chi connectivity index (χ0) is 23.6. The van der Waals surface area contributed by atoms with E-state index in [2.05, 4.69) is 24.1 Å². The number of benzene rings is 1. The number of hydrogen-bond acceptors (Lipinski definition) is 6. The number of fused-ring (bicyclic) bond motifs is 2. The normalized spacial score (nSPS) is 26.4. The van der Waals surface area contributed by atoms with Crippen molar-refractivity contribution < 1.29 is 14.3 Å². The number of piperidine rings is 1. The van der Waals surface area contributed by atoms with Crippen LogP contribution in [-0.4, -0.2) is 47.0 Å². The highest BCUT2D eigenvalue weighted by atomic mass is 35.5. The van der Waals surface area contributed by atoms with E-state index in [0.717, 1.165) is 57.7 Å². The Kier molecular flexibility index (Phi) is 5.48. The van der Waals surface area contributed by atoms with Crippen LogP contribution in [0.25, 0.3) is 21.3 Å². The summed E-state index contributed by atoms with van der Waals surface area (Å²) < 4.78 is 7.23. The highest BCUT2D eigenvalue weighted by molar-refractivity contribution is 7.19. The molecule has 1 aromatic carbocycles. The molecule has 1 N–H and O–H groups in total. The fourth-order valence-electron chi connectivity index (χ4n) is 5.34. The van der Waals surface area contributed by atoms with Crippen LogP contribution in [-0.2, 0) is 27.3 Å². The second-order valence-electron chi connectivity index (χ2n) is 9.68. The van der Waals surface area contributed by atoms with Crippen LogP contribution in [0, 0.1) is 18.8 Å². The minimum atomic E-state index is -0.0771. The molecule has 34 heavy (non-hydrogen) atoms. The first kappa shape index (κ1) is 22.2. The maximum absolute atomic E-state index is 12.5. The molecule has 2 amide bonds. The number of carbonyl (C=O) groups excluding carboxylic acids is 2. The summed E-state index contributed by atoms with van der Waals surface area (Å²) in [6.45, 7) is 6.20. The van der Waals surface area contributed by atoms with E-state index in [-0.39, 0.29) is 35.9 Å². The third kappa shape index (κ3) is 3.85. The molecule has 3 aromatic rings. The molecule has 4 heterocycles. The first-order valence-corrected chi connectivity index (χ1v) is 13.0. The van der Waals surface area contributed by atoms with Gasteiger partial charge in [-0.1, -0.05) is 11.6 Å². The van der Waals surface area contributed by atoms with Gasteiger partial charge in [0.05, 0.1) is 40.8 Å². The van der Waals surface area contributed by atoms with Crippen LogP contribution in [0.2, 0.25) is 5.02 Å². The van der Waals surface area contributed by atoms with Crippen molar-refractivity contribution in [3.05, 3.63) is 51.5 Å². The minimum Gasteiger partial charge on any atom is -0.372 e. The molecule has 3 aliphatic rings. The zero-order valence-electron chi connectivity index (χ0n) is 19.1. The number of rotatable bonds is 5. The Labute approximate surface area is 207 Å². The Hall–Kier alpha value is -2.32. The van der Waals surface area contributed by atoms with Crippen molar-refractivity contribution in [2.45, 2.75) is 45.4 Å². The van der Waals surface area contributed by atoms with Crippen LogP contribution in [0.4, 0.5) is 0 Å². The summed E-state index contributed by atoms with van der Waals surface area (Å²) in [7, 11) is 0. The van der Waals surface area contributed by atoms with Crippen LogP contribution in [0.5, 0.6) is 0 Å². The summed E-state index contributed by atoms with van der Waals surface area (Å²) in [4.78, 5) is 31.9. The topological polar surface area (TPSA) is 71.5 Å². The third-order valence-electron chi connectivity index (χ3n) is 7.12. The molecule has 3 fully saturated rings. The number of likely N-dealkylation sites (tertiary alicyclic amines) is 1. The minimum absolute atomic E-state index is 0.0243. The molecule has 4 unspecified atom stereocenters. The average molecular weight is 496 g/mol. The Morgan fingerprint density at radius 3 is 2.74 bits per heavy atom. The van der Waals surface area contributed by atoms with Gasteiger partial charge in [0.25, 0.3) is 0 Å². The van der Waals surface area contributed by atoms with Crippen molar-refractivity contribution in [2.24, 2.45) is 11.8 Å². The monoisotopic (exact) mass is 495 g/mol. The van der Waals surface area contributed by atoms with Crippen molar-refractivity contribution in [3.63, 3.8) is 0 Å². The molecule has 6 rings (SSSR count). The standard InChI is InChI=1S/C26H26ClN3O3S/c1-13-5-15(27)6-20(19(13)7-16-11-28-10-14(2)33-16)18-3-4-29-23-8-17(34-24(18)23)12-30-25(31)21-9-22(21)26(30)32/h3-6,8,14,16,21-22,28H,7,9-12H2,1-2H3. The highest BCUT2D eigenvalue weighted by Gasteiger charge is 2.58. The number of ether oxygens (including phenoxy) is 1. The van der Waals surface area contributed by atoms with E-state index >= 15 is 0 Å². The van der Waals surface area contributed by atoms with E-state index in [0.29, 0.717) is 11.6 Å². The van der Waals surface area contributed by atoms with Gasteiger partial charge in [-0.3, -0.25) is 19.5 Å². The van der Waals surface area contributed by atoms with Gasteiger partial charge in [0.1, 0.15) is 0 Å². The van der Waals surface area contributed by atoms with E-state index in [1.54, 1.807) is 11.3 Å². The summed E-state index contributed by atoms with van der Waals surface area (Å²) in [6, 6.07) is 8.06. The van der Waals surface area contributed by atoms with Crippen molar-refractivity contribution in [1.29, 1.82) is 0 Å². The van der Waals surface area contributed by atoms with Crippen LogP contribution in [0.1, 0.15) is 29.3 Å². The molecule has 0 spiro atoms. The summed E-state index contributed by atoms with van der Waals surface area (Å²) in [5.74, 6) is -0.203. The second-order valence-corrected chi connectivity index (χ2v) is 11.2. The van der Waals surface area contributed by atoms with Crippen molar-refractivity contribution in [3.8, 4) is 11.1 Å². The molecule has 1 aliphatic carbocycles. The van der Waals surface area contributed by atoms with Gasteiger partial charge in [-0.25, -0.2) is 0 Å². The first-order valence-electron chi connectivity index (χ1n) is 11.8. The van der Waals surface area contributed by atoms with Gasteiger partial charge in [-0.15, -0.1) is 11.3 Å². The summed E-state index contributed by atoms with van der Waals surface area (Å²) in [5.41, 5.74) is 5.38. The molecule has 4 atom stereocenters. The van der Waals surface area contributed by atoms with Gasteiger partial charge < -0.3 is 10.1 Å². The lowest BCUT2D eigenvalue weighted by molar-refractivity contribution is -0.141. The van der Waals surface area contributed by atoms with Crippen LogP contribution >= 0.6 is 22.9 Å². The lowest BCUT2D eigenvalue weighted by atomic mass is 9.92. The molecule has 1 saturated carbocycles. The number of amides is 2. The molecule has 0 bridgehead atoms. The van der Waals surface area contributed by atoms with E-state index in [4.69, 9.17) is 16.3 Å². The lowest BCUT2D eigenvalue weighted by Gasteiger charge is -2.30. The van der Waals surface area contributed by atoms with Gasteiger partial charge in [-0.2, -0.15) is 0 Å². The summed E-state index contributed by atoms with van der Waals surface area (Å²) in [5, 5.41) is 4.15. The Bertz CT molecular complexity index is 1300. The average Bonchev–Trinajstić information content (AvgIpc) is 3.44. The number of thiophene rings is 1. The molecule has 8 heteroatoms. The van der Waals surface area contributed by atoms with Gasteiger partial charge in [0.15, 0.2) is 0 Å². The highest BCUT2D eigenvalue weighted by Crippen LogP contribution is 2.48. The Morgan fingerprint density at radius 2 is 1.97 bits per heavy atom. The second kappa shape index (κ2) is 8.41. The molecule has 176 valence electrons. The van der Waals surface area contributed by atoms with E-state index in [1.807, 2.05) is 30.5 Å². The van der Waals surface area contributed by atoms with Gasteiger partial charge in [-0.05, 0) is 61.2 Å². The third-order valence-corrected chi connectivity index (χ3v) is 8.48. The van der Waals surface area contributed by atoms with E-state index in [9.17, 15) is 9.59 Å². The largest absolute Gasteiger partial charge is 0.372 e. The number of hydrogen-bond donors (Lipinski definition) is 1. The van der Waals surface area contributed by atoms with Crippen LogP contribution < -0.4 is 5.32 Å². The van der Waals surface area contributed by atoms with Crippen LogP contribution in [0.3, 0.4) is 0 Å². The van der Waals surface area contributed by atoms with Gasteiger partial charge >= 0.3 is 0 Å².